The average Bonchev–Trinajstić information content (AvgIpc) is 2.75. The SMILES string of the molecule is Cc1cccc(CNC(=O)c2cccc(N3C(=O)C(C)(C)CS3(=O)=O)c2)c1. The first-order valence-corrected chi connectivity index (χ1v) is 10.2. The van der Waals surface area contributed by atoms with E-state index in [1.54, 1.807) is 26.0 Å². The van der Waals surface area contributed by atoms with Gasteiger partial charge < -0.3 is 5.32 Å². The first kappa shape index (κ1) is 19.1. The van der Waals surface area contributed by atoms with Crippen molar-refractivity contribution in [3.05, 3.63) is 65.2 Å². The summed E-state index contributed by atoms with van der Waals surface area (Å²) in [5.41, 5.74) is 1.58. The molecule has 2 aromatic carbocycles. The Hall–Kier alpha value is -2.67. The van der Waals surface area contributed by atoms with E-state index in [9.17, 15) is 18.0 Å². The van der Waals surface area contributed by atoms with Crippen molar-refractivity contribution in [2.45, 2.75) is 27.3 Å². The van der Waals surface area contributed by atoms with E-state index in [0.29, 0.717) is 12.1 Å². The highest BCUT2D eigenvalue weighted by Gasteiger charge is 2.49. The number of carbonyl (C=O) groups excluding carboxylic acids is 2. The molecule has 0 unspecified atom stereocenters. The standard InChI is InChI=1S/C20H22N2O4S/c1-14-6-4-7-15(10-14)12-21-18(23)16-8-5-9-17(11-16)22-19(24)20(2,3)13-27(22,25)26/h4-11H,12-13H2,1-3H3,(H,21,23). The molecule has 1 aliphatic rings. The molecule has 1 N–H and O–H groups in total. The van der Waals surface area contributed by atoms with Crippen LogP contribution >= 0.6 is 0 Å². The molecule has 3 rings (SSSR count). The Labute approximate surface area is 159 Å². The molecular formula is C20H22N2O4S. The van der Waals surface area contributed by atoms with E-state index >= 15 is 0 Å². The number of benzene rings is 2. The molecule has 7 heteroatoms. The Morgan fingerprint density at radius 3 is 2.48 bits per heavy atom. The summed E-state index contributed by atoms with van der Waals surface area (Å²) < 4.78 is 25.6. The van der Waals surface area contributed by atoms with Gasteiger partial charge in [0.25, 0.3) is 5.91 Å². The molecule has 0 spiro atoms. The van der Waals surface area contributed by atoms with Gasteiger partial charge in [-0.25, -0.2) is 12.7 Å². The molecule has 27 heavy (non-hydrogen) atoms. The fourth-order valence-electron chi connectivity index (χ4n) is 3.14. The van der Waals surface area contributed by atoms with Gasteiger partial charge in [0.1, 0.15) is 0 Å². The van der Waals surface area contributed by atoms with Gasteiger partial charge in [-0.1, -0.05) is 35.9 Å². The number of aryl methyl sites for hydroxylation is 1. The van der Waals surface area contributed by atoms with Gasteiger partial charge in [0.05, 0.1) is 16.9 Å². The predicted octanol–water partition coefficient (Wildman–Crippen LogP) is 2.63. The maximum absolute atomic E-state index is 12.5. The number of anilines is 1. The minimum Gasteiger partial charge on any atom is -0.348 e. The summed E-state index contributed by atoms with van der Waals surface area (Å²) in [6.45, 7) is 5.54. The molecule has 6 nitrogen and oxygen atoms in total. The number of amides is 2. The van der Waals surface area contributed by atoms with E-state index in [1.807, 2.05) is 31.2 Å². The highest BCUT2D eigenvalue weighted by atomic mass is 32.2. The summed E-state index contributed by atoms with van der Waals surface area (Å²) in [6, 6.07) is 13.9. The molecule has 0 saturated carbocycles. The topological polar surface area (TPSA) is 83.6 Å². The molecule has 1 fully saturated rings. The molecular weight excluding hydrogens is 364 g/mol. The van der Waals surface area contributed by atoms with Crippen LogP contribution in [0.4, 0.5) is 5.69 Å². The summed E-state index contributed by atoms with van der Waals surface area (Å²) in [4.78, 5) is 25.0. The summed E-state index contributed by atoms with van der Waals surface area (Å²) in [7, 11) is -3.75. The van der Waals surface area contributed by atoms with E-state index in [2.05, 4.69) is 5.32 Å². The number of rotatable bonds is 4. The molecule has 1 aliphatic heterocycles. The first-order chi connectivity index (χ1) is 12.6. The van der Waals surface area contributed by atoms with Crippen LogP contribution < -0.4 is 9.62 Å². The molecule has 2 amide bonds. The minimum absolute atomic E-state index is 0.189. The molecule has 142 valence electrons. The van der Waals surface area contributed by atoms with E-state index in [0.717, 1.165) is 15.4 Å². The monoisotopic (exact) mass is 386 g/mol. The number of nitrogens with one attached hydrogen (secondary N) is 1. The summed E-state index contributed by atoms with van der Waals surface area (Å²) >= 11 is 0. The third kappa shape index (κ3) is 3.88. The van der Waals surface area contributed by atoms with Gasteiger partial charge in [0.2, 0.25) is 15.9 Å². The summed E-state index contributed by atoms with van der Waals surface area (Å²) in [5.74, 6) is -1.07. The lowest BCUT2D eigenvalue weighted by Crippen LogP contribution is -2.33. The molecule has 0 bridgehead atoms. The number of nitrogens with zero attached hydrogens (tertiary/aromatic N) is 1. The van der Waals surface area contributed by atoms with E-state index < -0.39 is 21.3 Å². The lowest BCUT2D eigenvalue weighted by atomic mass is 9.95. The van der Waals surface area contributed by atoms with Crippen LogP contribution in [0.3, 0.4) is 0 Å². The Kier molecular flexibility index (Phi) is 4.82. The summed E-state index contributed by atoms with van der Waals surface area (Å²) in [5, 5.41) is 2.82. The van der Waals surface area contributed by atoms with Crippen molar-refractivity contribution in [3.8, 4) is 0 Å². The smallest absolute Gasteiger partial charge is 0.251 e. The molecule has 2 aromatic rings. The molecule has 0 atom stereocenters. The van der Waals surface area contributed by atoms with E-state index in [-0.39, 0.29) is 17.3 Å². The lowest BCUT2D eigenvalue weighted by molar-refractivity contribution is -0.123. The van der Waals surface area contributed by atoms with Crippen molar-refractivity contribution in [2.24, 2.45) is 5.41 Å². The fourth-order valence-corrected chi connectivity index (χ4v) is 5.24. The van der Waals surface area contributed by atoms with Crippen LogP contribution in [0.2, 0.25) is 0 Å². The predicted molar refractivity (Wildman–Crippen MR) is 104 cm³/mol. The summed E-state index contributed by atoms with van der Waals surface area (Å²) in [6.07, 6.45) is 0. The number of sulfonamides is 1. The third-order valence-corrected chi connectivity index (χ3v) is 6.48. The zero-order valence-corrected chi connectivity index (χ0v) is 16.3. The highest BCUT2D eigenvalue weighted by molar-refractivity contribution is 7.94. The van der Waals surface area contributed by atoms with E-state index in [4.69, 9.17) is 0 Å². The molecule has 0 aliphatic carbocycles. The zero-order chi connectivity index (χ0) is 19.8. The van der Waals surface area contributed by atoms with Gasteiger partial charge >= 0.3 is 0 Å². The van der Waals surface area contributed by atoms with Crippen LogP contribution in [-0.2, 0) is 21.4 Å². The quantitative estimate of drug-likeness (QED) is 0.876. The van der Waals surface area contributed by atoms with Gasteiger partial charge in [-0.15, -0.1) is 0 Å². The maximum atomic E-state index is 12.5. The fraction of sp³-hybridized carbons (Fsp3) is 0.300. The number of hydrogen-bond donors (Lipinski definition) is 1. The van der Waals surface area contributed by atoms with Crippen LogP contribution in [0.15, 0.2) is 48.5 Å². The molecule has 0 aromatic heterocycles. The highest BCUT2D eigenvalue weighted by Crippen LogP contribution is 2.35. The van der Waals surface area contributed by atoms with Crippen LogP contribution in [0, 0.1) is 12.3 Å². The Bertz CT molecular complexity index is 1010. The zero-order valence-electron chi connectivity index (χ0n) is 15.5. The van der Waals surface area contributed by atoms with Gasteiger partial charge in [0.15, 0.2) is 0 Å². The van der Waals surface area contributed by atoms with Crippen molar-refractivity contribution in [1.82, 2.24) is 5.32 Å². The van der Waals surface area contributed by atoms with Crippen LogP contribution in [0.1, 0.15) is 35.3 Å². The Morgan fingerprint density at radius 1 is 1.15 bits per heavy atom. The average molecular weight is 386 g/mol. The lowest BCUT2D eigenvalue weighted by Gasteiger charge is -2.18. The van der Waals surface area contributed by atoms with Gasteiger partial charge in [-0.2, -0.15) is 0 Å². The number of carbonyl (C=O) groups is 2. The molecule has 0 radical (unpaired) electrons. The molecule has 1 saturated heterocycles. The first-order valence-electron chi connectivity index (χ1n) is 8.61. The Balaban J connectivity index is 1.81. The van der Waals surface area contributed by atoms with Crippen molar-refractivity contribution < 1.29 is 18.0 Å². The van der Waals surface area contributed by atoms with Crippen molar-refractivity contribution >= 4 is 27.5 Å². The van der Waals surface area contributed by atoms with E-state index in [1.165, 1.54) is 12.1 Å². The Morgan fingerprint density at radius 2 is 1.85 bits per heavy atom. The maximum Gasteiger partial charge on any atom is 0.251 e. The van der Waals surface area contributed by atoms with Crippen molar-refractivity contribution in [2.75, 3.05) is 10.1 Å². The van der Waals surface area contributed by atoms with Gasteiger partial charge in [-0.05, 0) is 44.5 Å². The van der Waals surface area contributed by atoms with Gasteiger partial charge in [-0.3, -0.25) is 9.59 Å². The van der Waals surface area contributed by atoms with Crippen molar-refractivity contribution in [3.63, 3.8) is 0 Å². The van der Waals surface area contributed by atoms with Crippen molar-refractivity contribution in [1.29, 1.82) is 0 Å². The largest absolute Gasteiger partial charge is 0.348 e. The molecule has 1 heterocycles. The second kappa shape index (κ2) is 6.81. The second-order valence-corrected chi connectivity index (χ2v) is 9.25. The second-order valence-electron chi connectivity index (χ2n) is 7.43. The van der Waals surface area contributed by atoms with Crippen LogP contribution in [0.5, 0.6) is 0 Å². The third-order valence-electron chi connectivity index (χ3n) is 4.46. The van der Waals surface area contributed by atoms with Gasteiger partial charge in [0, 0.05) is 12.1 Å². The number of hydrogen-bond acceptors (Lipinski definition) is 4. The van der Waals surface area contributed by atoms with Crippen LogP contribution in [0.25, 0.3) is 0 Å². The normalized spacial score (nSPS) is 17.7. The minimum atomic E-state index is -3.75. The van der Waals surface area contributed by atoms with Crippen LogP contribution in [-0.4, -0.2) is 26.0 Å².